The lowest BCUT2D eigenvalue weighted by atomic mass is 10.1. The normalized spacial score (nSPS) is 17.1. The van der Waals surface area contributed by atoms with Gasteiger partial charge in [0.1, 0.15) is 21.5 Å². The molecule has 0 spiro atoms. The van der Waals surface area contributed by atoms with Crippen molar-refractivity contribution in [1.29, 1.82) is 5.26 Å². The van der Waals surface area contributed by atoms with E-state index in [0.29, 0.717) is 44.5 Å². The molecule has 1 fully saturated rings. The molecule has 3 amide bonds. The third-order valence-corrected chi connectivity index (χ3v) is 8.08. The summed E-state index contributed by atoms with van der Waals surface area (Å²) in [6.45, 7) is 5.10. The number of pyridine rings is 1. The number of rotatable bonds is 5. The Morgan fingerprint density at radius 2 is 2.08 bits per heavy atom. The third kappa shape index (κ3) is 4.00. The number of halogens is 1. The summed E-state index contributed by atoms with van der Waals surface area (Å²) in [6.07, 6.45) is 1.40. The maximum absolute atomic E-state index is 13.5. The Labute approximate surface area is 221 Å². The van der Waals surface area contributed by atoms with Gasteiger partial charge in [0.25, 0.3) is 5.91 Å². The van der Waals surface area contributed by atoms with E-state index in [4.69, 9.17) is 21.1 Å². The van der Waals surface area contributed by atoms with Crippen LogP contribution in [0, 0.1) is 11.3 Å². The Morgan fingerprint density at radius 3 is 2.86 bits per heavy atom. The largest absolute Gasteiger partial charge is 0.454 e. The Bertz CT molecular complexity index is 1480. The van der Waals surface area contributed by atoms with Crippen molar-refractivity contribution in [2.24, 2.45) is 0 Å². The molecule has 190 valence electrons. The van der Waals surface area contributed by atoms with E-state index < -0.39 is 6.03 Å². The average molecular weight is 540 g/mol. The molecule has 2 N–H and O–H groups in total. The van der Waals surface area contributed by atoms with E-state index in [1.54, 1.807) is 12.1 Å². The molecular formula is C24H22ClN7O4S. The number of fused-ring (bicyclic) bond motifs is 1. The van der Waals surface area contributed by atoms with Crippen LogP contribution in [0.4, 0.5) is 21.9 Å². The van der Waals surface area contributed by atoms with Crippen molar-refractivity contribution in [3.63, 3.8) is 0 Å². The van der Waals surface area contributed by atoms with E-state index >= 15 is 0 Å². The molecule has 13 heteroatoms. The summed E-state index contributed by atoms with van der Waals surface area (Å²) in [5.41, 5.74) is 1.05. The van der Waals surface area contributed by atoms with Gasteiger partial charge in [0.05, 0.1) is 27.3 Å². The van der Waals surface area contributed by atoms with Crippen molar-refractivity contribution in [2.75, 3.05) is 63.3 Å². The second-order valence-corrected chi connectivity index (χ2v) is 10.3. The number of anilines is 3. The first kappa shape index (κ1) is 23.7. The number of ether oxygens (including phenoxy) is 2. The van der Waals surface area contributed by atoms with Gasteiger partial charge in [-0.15, -0.1) is 11.3 Å². The van der Waals surface area contributed by atoms with Gasteiger partial charge in [-0.2, -0.15) is 5.26 Å². The molecule has 3 aromatic rings. The van der Waals surface area contributed by atoms with Crippen molar-refractivity contribution >= 4 is 62.2 Å². The first-order valence-corrected chi connectivity index (χ1v) is 12.9. The van der Waals surface area contributed by atoms with Gasteiger partial charge < -0.3 is 25.0 Å². The number of likely N-dealkylation sites (N-methyl/N-ethyl adjacent to an activating group) is 1. The van der Waals surface area contributed by atoms with Crippen LogP contribution in [0.15, 0.2) is 18.3 Å². The minimum atomic E-state index is -0.577. The molecule has 1 saturated heterocycles. The van der Waals surface area contributed by atoms with E-state index in [1.807, 2.05) is 0 Å². The Morgan fingerprint density at radius 1 is 1.27 bits per heavy atom. The lowest BCUT2D eigenvalue weighted by Crippen LogP contribution is -2.46. The minimum absolute atomic E-state index is 0.0167. The first-order chi connectivity index (χ1) is 18.0. The number of urea groups is 1. The van der Waals surface area contributed by atoms with Crippen LogP contribution < -0.4 is 25.0 Å². The van der Waals surface area contributed by atoms with Crippen LogP contribution in [0.1, 0.15) is 15.2 Å². The molecule has 37 heavy (non-hydrogen) atoms. The molecule has 0 aliphatic carbocycles. The van der Waals surface area contributed by atoms with Gasteiger partial charge in [-0.05, 0) is 19.2 Å². The zero-order valence-electron chi connectivity index (χ0n) is 19.8. The van der Waals surface area contributed by atoms with Gasteiger partial charge in [-0.1, -0.05) is 11.6 Å². The number of amides is 3. The summed E-state index contributed by atoms with van der Waals surface area (Å²) in [7, 11) is 2.10. The molecule has 0 unspecified atom stereocenters. The number of hydrogen-bond acceptors (Lipinski definition) is 9. The molecular weight excluding hydrogens is 518 g/mol. The predicted molar refractivity (Wildman–Crippen MR) is 139 cm³/mol. The molecule has 2 aromatic heterocycles. The number of nitrogens with one attached hydrogen (secondary N) is 2. The quantitative estimate of drug-likeness (QED) is 0.506. The molecule has 0 atom stereocenters. The lowest BCUT2D eigenvalue weighted by Gasteiger charge is -2.32. The van der Waals surface area contributed by atoms with Crippen LogP contribution in [-0.4, -0.2) is 79.8 Å². The molecule has 3 aliphatic heterocycles. The van der Waals surface area contributed by atoms with E-state index in [2.05, 4.69) is 38.5 Å². The maximum atomic E-state index is 13.5. The summed E-state index contributed by atoms with van der Waals surface area (Å²) in [4.78, 5) is 37.9. The molecule has 6 rings (SSSR count). The number of aromatic nitrogens is 1. The highest BCUT2D eigenvalue weighted by Crippen LogP contribution is 2.53. The smallest absolute Gasteiger partial charge is 0.331 e. The highest BCUT2D eigenvalue weighted by Gasteiger charge is 2.38. The van der Waals surface area contributed by atoms with Crippen LogP contribution in [0.5, 0.6) is 11.5 Å². The van der Waals surface area contributed by atoms with Crippen LogP contribution in [0.25, 0.3) is 10.2 Å². The fraction of sp³-hybridized carbons (Fsp3) is 0.333. The van der Waals surface area contributed by atoms with Crippen molar-refractivity contribution in [1.82, 2.24) is 20.1 Å². The Balaban J connectivity index is 1.36. The Kier molecular flexibility index (Phi) is 6.00. The molecule has 0 saturated carbocycles. The van der Waals surface area contributed by atoms with Crippen molar-refractivity contribution < 1.29 is 19.1 Å². The van der Waals surface area contributed by atoms with E-state index in [0.717, 1.165) is 44.1 Å². The number of thiophene rings is 1. The Hall–Kier alpha value is -3.63. The third-order valence-electron chi connectivity index (χ3n) is 6.67. The van der Waals surface area contributed by atoms with E-state index in [9.17, 15) is 14.9 Å². The SMILES string of the molecule is CN1CCN(CCNC(=O)c2sc3ncc(C#N)c4c3c2NC(=O)N4c2c(Cl)ccc3c2OCO3)CC1. The summed E-state index contributed by atoms with van der Waals surface area (Å²) >= 11 is 7.69. The number of nitriles is 1. The number of carbonyl (C=O) groups excluding carboxylic acids is 2. The van der Waals surface area contributed by atoms with Crippen LogP contribution in [-0.2, 0) is 0 Å². The van der Waals surface area contributed by atoms with E-state index in [-0.39, 0.29) is 29.0 Å². The maximum Gasteiger partial charge on any atom is 0.331 e. The molecule has 1 aromatic carbocycles. The molecule has 5 heterocycles. The standard InChI is InChI=1S/C24H22ClN7O4S/c1-30-6-8-31(9-7-30)5-4-27-22(33)21-17-16-18(13(10-26)11-28-23(16)37-21)32(24(34)29-17)19-14(25)2-3-15-20(19)36-12-35-15/h2-3,11H,4-9,12H2,1H3,(H,27,33)(H,29,34). The number of piperazine rings is 1. The highest BCUT2D eigenvalue weighted by molar-refractivity contribution is 7.21. The number of hydrogen-bond donors (Lipinski definition) is 2. The second-order valence-electron chi connectivity index (χ2n) is 8.91. The van der Waals surface area contributed by atoms with E-state index in [1.165, 1.54) is 11.1 Å². The zero-order valence-corrected chi connectivity index (χ0v) is 21.4. The van der Waals surface area contributed by atoms with Gasteiger partial charge in [-0.3, -0.25) is 14.6 Å². The lowest BCUT2D eigenvalue weighted by molar-refractivity contribution is 0.0946. The number of carbonyl (C=O) groups is 2. The molecule has 0 radical (unpaired) electrons. The summed E-state index contributed by atoms with van der Waals surface area (Å²) in [5.74, 6) is 0.435. The average Bonchev–Trinajstić information content (AvgIpc) is 3.52. The van der Waals surface area contributed by atoms with Gasteiger partial charge in [0, 0.05) is 45.5 Å². The second kappa shape index (κ2) is 9.35. The van der Waals surface area contributed by atoms with Gasteiger partial charge in [0.15, 0.2) is 11.5 Å². The van der Waals surface area contributed by atoms with Gasteiger partial charge >= 0.3 is 6.03 Å². The summed E-state index contributed by atoms with van der Waals surface area (Å²) in [6, 6.07) is 4.80. The highest BCUT2D eigenvalue weighted by atomic mass is 35.5. The minimum Gasteiger partial charge on any atom is -0.454 e. The van der Waals surface area contributed by atoms with Crippen molar-refractivity contribution in [2.45, 2.75) is 0 Å². The van der Waals surface area contributed by atoms with Crippen LogP contribution >= 0.6 is 22.9 Å². The number of nitrogens with zero attached hydrogens (tertiary/aromatic N) is 5. The topological polar surface area (TPSA) is 123 Å². The van der Waals surface area contributed by atoms with Crippen molar-refractivity contribution in [3.05, 3.63) is 33.8 Å². The van der Waals surface area contributed by atoms with Crippen molar-refractivity contribution in [3.8, 4) is 17.6 Å². The van der Waals surface area contributed by atoms with Crippen LogP contribution in [0.2, 0.25) is 5.02 Å². The fourth-order valence-corrected chi connectivity index (χ4v) is 5.99. The molecule has 11 nitrogen and oxygen atoms in total. The number of benzene rings is 1. The molecule has 0 bridgehead atoms. The van der Waals surface area contributed by atoms with Gasteiger partial charge in [0.2, 0.25) is 6.79 Å². The monoisotopic (exact) mass is 539 g/mol. The van der Waals surface area contributed by atoms with Crippen LogP contribution in [0.3, 0.4) is 0 Å². The summed E-state index contributed by atoms with van der Waals surface area (Å²) < 4.78 is 11.1. The first-order valence-electron chi connectivity index (χ1n) is 11.7. The zero-order chi connectivity index (χ0) is 25.7. The molecule has 3 aliphatic rings. The summed E-state index contributed by atoms with van der Waals surface area (Å²) in [5, 5.41) is 16.4. The predicted octanol–water partition coefficient (Wildman–Crippen LogP) is 3.21. The fourth-order valence-electron chi connectivity index (χ4n) is 4.74. The van der Waals surface area contributed by atoms with Gasteiger partial charge in [-0.25, -0.2) is 9.78 Å².